The second kappa shape index (κ2) is 9.73. The van der Waals surface area contributed by atoms with Crippen molar-refractivity contribution in [2.24, 2.45) is 5.92 Å². The standard InChI is InChI=1S/C16H34N2O/c1-5-8-14(4)16(17-9-6-2)15-13-18(10-7-3)11-12-19-15/h14-17H,5-13H2,1-4H3. The molecule has 3 nitrogen and oxygen atoms in total. The maximum atomic E-state index is 6.08. The number of nitrogens with one attached hydrogen (secondary N) is 1. The predicted octanol–water partition coefficient (Wildman–Crippen LogP) is 2.90. The zero-order valence-corrected chi connectivity index (χ0v) is 13.5. The maximum Gasteiger partial charge on any atom is 0.0857 e. The van der Waals surface area contributed by atoms with Gasteiger partial charge in [-0.3, -0.25) is 4.90 Å². The minimum atomic E-state index is 0.369. The summed E-state index contributed by atoms with van der Waals surface area (Å²) in [5.41, 5.74) is 0. The first kappa shape index (κ1) is 16.9. The Hall–Kier alpha value is -0.120. The Morgan fingerprint density at radius 2 is 2.00 bits per heavy atom. The molecule has 0 aromatic rings. The molecule has 3 atom stereocenters. The first-order valence-corrected chi connectivity index (χ1v) is 8.30. The first-order chi connectivity index (χ1) is 9.22. The Morgan fingerprint density at radius 1 is 1.21 bits per heavy atom. The highest BCUT2D eigenvalue weighted by molar-refractivity contribution is 4.86. The van der Waals surface area contributed by atoms with Crippen molar-refractivity contribution >= 4 is 0 Å². The molecule has 3 heteroatoms. The fraction of sp³-hybridized carbons (Fsp3) is 1.00. The fourth-order valence-corrected chi connectivity index (χ4v) is 3.11. The Kier molecular flexibility index (Phi) is 8.67. The van der Waals surface area contributed by atoms with Gasteiger partial charge in [0.1, 0.15) is 0 Å². The van der Waals surface area contributed by atoms with Gasteiger partial charge in [-0.25, -0.2) is 0 Å². The van der Waals surface area contributed by atoms with Crippen LogP contribution in [-0.2, 0) is 4.74 Å². The van der Waals surface area contributed by atoms with E-state index in [0.29, 0.717) is 18.1 Å². The average Bonchev–Trinajstić information content (AvgIpc) is 2.40. The molecular weight excluding hydrogens is 236 g/mol. The molecule has 1 saturated heterocycles. The van der Waals surface area contributed by atoms with E-state index in [0.717, 1.165) is 26.2 Å². The molecule has 0 amide bonds. The molecule has 1 aliphatic heterocycles. The van der Waals surface area contributed by atoms with Crippen LogP contribution in [0.4, 0.5) is 0 Å². The van der Waals surface area contributed by atoms with Crippen molar-refractivity contribution in [3.8, 4) is 0 Å². The van der Waals surface area contributed by atoms with Crippen LogP contribution in [0.1, 0.15) is 53.4 Å². The molecule has 1 heterocycles. The Balaban J connectivity index is 2.56. The summed E-state index contributed by atoms with van der Waals surface area (Å²) in [6.45, 7) is 14.6. The number of hydrogen-bond acceptors (Lipinski definition) is 3. The summed E-state index contributed by atoms with van der Waals surface area (Å²) in [6.07, 6.45) is 5.35. The van der Waals surface area contributed by atoms with Crippen molar-refractivity contribution in [3.05, 3.63) is 0 Å². The van der Waals surface area contributed by atoms with Crippen molar-refractivity contribution in [1.29, 1.82) is 0 Å². The molecule has 0 bridgehead atoms. The summed E-state index contributed by atoms with van der Waals surface area (Å²) in [7, 11) is 0. The second-order valence-corrected chi connectivity index (χ2v) is 5.96. The van der Waals surface area contributed by atoms with Crippen molar-refractivity contribution < 1.29 is 4.74 Å². The summed E-state index contributed by atoms with van der Waals surface area (Å²) < 4.78 is 6.08. The van der Waals surface area contributed by atoms with Crippen LogP contribution < -0.4 is 5.32 Å². The van der Waals surface area contributed by atoms with Crippen molar-refractivity contribution in [2.75, 3.05) is 32.8 Å². The normalized spacial score (nSPS) is 24.3. The van der Waals surface area contributed by atoms with Gasteiger partial charge in [0.15, 0.2) is 0 Å². The van der Waals surface area contributed by atoms with Gasteiger partial charge in [0.25, 0.3) is 0 Å². The largest absolute Gasteiger partial charge is 0.374 e. The quantitative estimate of drug-likeness (QED) is 0.697. The second-order valence-electron chi connectivity index (χ2n) is 5.96. The van der Waals surface area contributed by atoms with Gasteiger partial charge in [-0.15, -0.1) is 0 Å². The molecular formula is C16H34N2O. The van der Waals surface area contributed by atoms with Crippen LogP contribution in [0.2, 0.25) is 0 Å². The van der Waals surface area contributed by atoms with E-state index in [1.165, 1.54) is 32.2 Å². The summed E-state index contributed by atoms with van der Waals surface area (Å²) in [5.74, 6) is 0.697. The number of nitrogens with zero attached hydrogens (tertiary/aromatic N) is 1. The van der Waals surface area contributed by atoms with Gasteiger partial charge in [0.2, 0.25) is 0 Å². The van der Waals surface area contributed by atoms with Crippen LogP contribution in [0.25, 0.3) is 0 Å². The van der Waals surface area contributed by atoms with Crippen molar-refractivity contribution in [2.45, 2.75) is 65.5 Å². The number of morpholine rings is 1. The molecule has 0 aromatic carbocycles. The summed E-state index contributed by atoms with van der Waals surface area (Å²) in [4.78, 5) is 2.56. The fourth-order valence-electron chi connectivity index (χ4n) is 3.11. The van der Waals surface area contributed by atoms with E-state index in [4.69, 9.17) is 4.74 Å². The lowest BCUT2D eigenvalue weighted by Gasteiger charge is -2.39. The van der Waals surface area contributed by atoms with Crippen LogP contribution in [0.15, 0.2) is 0 Å². The molecule has 0 saturated carbocycles. The monoisotopic (exact) mass is 270 g/mol. The average molecular weight is 270 g/mol. The Labute approximate surface area is 120 Å². The molecule has 19 heavy (non-hydrogen) atoms. The van der Waals surface area contributed by atoms with Gasteiger partial charge in [-0.1, -0.05) is 34.1 Å². The van der Waals surface area contributed by atoms with E-state index < -0.39 is 0 Å². The van der Waals surface area contributed by atoms with Crippen molar-refractivity contribution in [1.82, 2.24) is 10.2 Å². The zero-order valence-electron chi connectivity index (χ0n) is 13.5. The SMILES string of the molecule is CCCNC(C(C)CCC)C1CN(CCC)CCO1. The molecule has 3 unspecified atom stereocenters. The highest BCUT2D eigenvalue weighted by Gasteiger charge is 2.30. The van der Waals surface area contributed by atoms with E-state index in [1.807, 2.05) is 0 Å². The predicted molar refractivity (Wildman–Crippen MR) is 82.6 cm³/mol. The number of rotatable bonds is 9. The number of ether oxygens (including phenoxy) is 1. The molecule has 0 spiro atoms. The van der Waals surface area contributed by atoms with E-state index in [1.54, 1.807) is 0 Å². The topological polar surface area (TPSA) is 24.5 Å². The third-order valence-electron chi connectivity index (χ3n) is 4.11. The third-order valence-corrected chi connectivity index (χ3v) is 4.11. The highest BCUT2D eigenvalue weighted by Crippen LogP contribution is 2.19. The van der Waals surface area contributed by atoms with E-state index in [9.17, 15) is 0 Å². The van der Waals surface area contributed by atoms with Gasteiger partial charge in [-0.2, -0.15) is 0 Å². The van der Waals surface area contributed by atoms with Gasteiger partial charge in [-0.05, 0) is 38.3 Å². The minimum absolute atomic E-state index is 0.369. The van der Waals surface area contributed by atoms with Crippen LogP contribution in [0, 0.1) is 5.92 Å². The summed E-state index contributed by atoms with van der Waals surface area (Å²) in [6, 6.07) is 0.513. The van der Waals surface area contributed by atoms with E-state index in [2.05, 4.69) is 37.9 Å². The molecule has 1 N–H and O–H groups in total. The van der Waals surface area contributed by atoms with Gasteiger partial charge < -0.3 is 10.1 Å². The van der Waals surface area contributed by atoms with Gasteiger partial charge >= 0.3 is 0 Å². The molecule has 114 valence electrons. The van der Waals surface area contributed by atoms with Gasteiger partial charge in [0.05, 0.1) is 12.7 Å². The van der Waals surface area contributed by atoms with Crippen LogP contribution in [-0.4, -0.2) is 49.8 Å². The molecule has 1 fully saturated rings. The molecule has 0 aliphatic carbocycles. The van der Waals surface area contributed by atoms with Crippen LogP contribution in [0.5, 0.6) is 0 Å². The van der Waals surface area contributed by atoms with E-state index >= 15 is 0 Å². The maximum absolute atomic E-state index is 6.08. The zero-order chi connectivity index (χ0) is 14.1. The van der Waals surface area contributed by atoms with E-state index in [-0.39, 0.29) is 0 Å². The third kappa shape index (κ3) is 5.80. The van der Waals surface area contributed by atoms with Crippen LogP contribution in [0.3, 0.4) is 0 Å². The van der Waals surface area contributed by atoms with Crippen molar-refractivity contribution in [3.63, 3.8) is 0 Å². The lowest BCUT2D eigenvalue weighted by molar-refractivity contribution is -0.0557. The molecule has 1 aliphatic rings. The smallest absolute Gasteiger partial charge is 0.0857 e. The molecule has 1 rings (SSSR count). The summed E-state index contributed by atoms with van der Waals surface area (Å²) in [5, 5.41) is 3.73. The Bertz CT molecular complexity index is 221. The first-order valence-electron chi connectivity index (χ1n) is 8.30. The lowest BCUT2D eigenvalue weighted by atomic mass is 9.91. The highest BCUT2D eigenvalue weighted by atomic mass is 16.5. The molecule has 0 aromatic heterocycles. The summed E-state index contributed by atoms with van der Waals surface area (Å²) >= 11 is 0. The lowest BCUT2D eigenvalue weighted by Crippen LogP contribution is -2.54. The van der Waals surface area contributed by atoms with Crippen LogP contribution >= 0.6 is 0 Å². The minimum Gasteiger partial charge on any atom is -0.374 e. The Morgan fingerprint density at radius 3 is 2.63 bits per heavy atom. The number of hydrogen-bond donors (Lipinski definition) is 1. The van der Waals surface area contributed by atoms with Gasteiger partial charge in [0, 0.05) is 19.1 Å². The molecule has 0 radical (unpaired) electrons.